The lowest BCUT2D eigenvalue weighted by atomic mass is 9.95. The second-order valence-corrected chi connectivity index (χ2v) is 6.54. The van der Waals surface area contributed by atoms with Gasteiger partial charge in [0.2, 0.25) is 0 Å². The maximum Gasteiger partial charge on any atom is 0.325 e. The zero-order chi connectivity index (χ0) is 18.2. The van der Waals surface area contributed by atoms with Crippen LogP contribution in [0.1, 0.15) is 53.6 Å². The lowest BCUT2D eigenvalue weighted by Crippen LogP contribution is -2.39. The highest BCUT2D eigenvalue weighted by atomic mass is 16.5. The highest BCUT2D eigenvalue weighted by Gasteiger charge is 2.17. The van der Waals surface area contributed by atoms with E-state index in [4.69, 9.17) is 4.74 Å². The van der Waals surface area contributed by atoms with Gasteiger partial charge in [-0.25, -0.2) is 0 Å². The summed E-state index contributed by atoms with van der Waals surface area (Å²) < 4.78 is 4.91. The van der Waals surface area contributed by atoms with Gasteiger partial charge in [0.15, 0.2) is 6.61 Å². The average Bonchev–Trinajstić information content (AvgIpc) is 2.61. The van der Waals surface area contributed by atoms with E-state index in [0.29, 0.717) is 5.56 Å². The van der Waals surface area contributed by atoms with Crippen LogP contribution in [-0.4, -0.2) is 37.0 Å². The van der Waals surface area contributed by atoms with E-state index in [9.17, 15) is 14.4 Å². The van der Waals surface area contributed by atoms with Crippen LogP contribution in [0.4, 0.5) is 0 Å². The van der Waals surface area contributed by atoms with Gasteiger partial charge >= 0.3 is 5.97 Å². The molecule has 136 valence electrons. The van der Waals surface area contributed by atoms with Crippen LogP contribution in [0.25, 0.3) is 0 Å². The summed E-state index contributed by atoms with van der Waals surface area (Å²) in [4.78, 5) is 35.5. The molecular weight excluding hydrogens is 320 g/mol. The zero-order valence-electron chi connectivity index (χ0n) is 14.9. The summed E-state index contributed by atoms with van der Waals surface area (Å²) in [6.07, 6.45) is 5.41. The van der Waals surface area contributed by atoms with Crippen LogP contribution in [0.2, 0.25) is 0 Å². The predicted molar refractivity (Wildman–Crippen MR) is 94.2 cm³/mol. The number of aryl methyl sites for hydroxylation is 2. The van der Waals surface area contributed by atoms with Gasteiger partial charge in [-0.3, -0.25) is 14.4 Å². The molecule has 0 atom stereocenters. The number of hydrogen-bond acceptors (Lipinski definition) is 4. The van der Waals surface area contributed by atoms with Gasteiger partial charge in [-0.15, -0.1) is 0 Å². The van der Waals surface area contributed by atoms with Gasteiger partial charge in [-0.2, -0.15) is 0 Å². The van der Waals surface area contributed by atoms with E-state index in [1.54, 1.807) is 12.1 Å². The number of nitrogens with one attached hydrogen (secondary N) is 2. The first kappa shape index (κ1) is 19.0. The molecule has 0 saturated heterocycles. The van der Waals surface area contributed by atoms with Crippen molar-refractivity contribution in [2.24, 2.45) is 0 Å². The molecule has 0 radical (unpaired) electrons. The number of carbonyl (C=O) groups excluding carboxylic acids is 3. The number of esters is 1. The van der Waals surface area contributed by atoms with Crippen molar-refractivity contribution in [1.82, 2.24) is 10.6 Å². The normalized spacial score (nSPS) is 14.6. The molecule has 2 amide bonds. The monoisotopic (exact) mass is 346 g/mol. The molecule has 1 fully saturated rings. The number of ether oxygens (including phenoxy) is 1. The molecule has 1 aromatic carbocycles. The Morgan fingerprint density at radius 2 is 1.80 bits per heavy atom. The summed E-state index contributed by atoms with van der Waals surface area (Å²) in [5, 5.41) is 5.38. The minimum atomic E-state index is -0.629. The van der Waals surface area contributed by atoms with Gasteiger partial charge in [-0.05, 0) is 49.9 Å². The average molecular weight is 346 g/mol. The Hall–Kier alpha value is -2.37. The van der Waals surface area contributed by atoms with Crippen LogP contribution in [0.5, 0.6) is 0 Å². The molecule has 0 bridgehead atoms. The lowest BCUT2D eigenvalue weighted by molar-refractivity contribution is -0.147. The van der Waals surface area contributed by atoms with Crippen molar-refractivity contribution in [3.63, 3.8) is 0 Å². The predicted octanol–water partition coefficient (Wildman–Crippen LogP) is 2.03. The molecule has 1 aromatic rings. The smallest absolute Gasteiger partial charge is 0.325 e. The summed E-state index contributed by atoms with van der Waals surface area (Å²) in [6, 6.07) is 5.52. The van der Waals surface area contributed by atoms with E-state index < -0.39 is 5.97 Å². The van der Waals surface area contributed by atoms with Crippen LogP contribution >= 0.6 is 0 Å². The van der Waals surface area contributed by atoms with E-state index in [1.807, 2.05) is 19.9 Å². The molecule has 0 aliphatic heterocycles. The van der Waals surface area contributed by atoms with Gasteiger partial charge < -0.3 is 15.4 Å². The summed E-state index contributed by atoms with van der Waals surface area (Å²) >= 11 is 0. The van der Waals surface area contributed by atoms with E-state index >= 15 is 0 Å². The first-order valence-electron chi connectivity index (χ1n) is 8.76. The molecule has 2 rings (SSSR count). The number of amides is 2. The van der Waals surface area contributed by atoms with Crippen LogP contribution < -0.4 is 10.6 Å². The standard InChI is InChI=1S/C19H26N2O4/c1-13-8-9-15(10-14(13)2)19(24)20-11-18(23)25-12-17(22)21-16-6-4-3-5-7-16/h8-10,16H,3-7,11-12H2,1-2H3,(H,20,24)(H,21,22). The van der Waals surface area contributed by atoms with E-state index in [2.05, 4.69) is 10.6 Å². The molecule has 1 saturated carbocycles. The molecule has 1 aliphatic rings. The minimum absolute atomic E-state index is 0.185. The second kappa shape index (κ2) is 9.20. The Morgan fingerprint density at radius 1 is 1.08 bits per heavy atom. The van der Waals surface area contributed by atoms with Crippen molar-refractivity contribution < 1.29 is 19.1 Å². The van der Waals surface area contributed by atoms with Crippen LogP contribution in [0, 0.1) is 13.8 Å². The molecule has 0 spiro atoms. The Labute approximate surface area is 148 Å². The third kappa shape index (κ3) is 6.21. The molecule has 25 heavy (non-hydrogen) atoms. The van der Waals surface area contributed by atoms with Gasteiger partial charge in [0, 0.05) is 11.6 Å². The second-order valence-electron chi connectivity index (χ2n) is 6.54. The molecule has 2 N–H and O–H groups in total. The van der Waals surface area contributed by atoms with Crippen LogP contribution in [0.3, 0.4) is 0 Å². The maximum absolute atomic E-state index is 12.0. The summed E-state index contributed by atoms with van der Waals surface area (Å²) in [5.41, 5.74) is 2.60. The third-order valence-corrected chi connectivity index (χ3v) is 4.50. The van der Waals surface area contributed by atoms with Crippen molar-refractivity contribution in [2.45, 2.75) is 52.0 Å². The summed E-state index contributed by atoms with van der Waals surface area (Å²) in [6.45, 7) is 3.31. The Morgan fingerprint density at radius 3 is 2.48 bits per heavy atom. The fourth-order valence-corrected chi connectivity index (χ4v) is 2.85. The highest BCUT2D eigenvalue weighted by molar-refractivity contribution is 5.96. The van der Waals surface area contributed by atoms with E-state index in [-0.39, 0.29) is 31.0 Å². The number of carbonyl (C=O) groups is 3. The number of hydrogen-bond donors (Lipinski definition) is 2. The van der Waals surface area contributed by atoms with E-state index in [0.717, 1.165) is 36.8 Å². The molecular formula is C19H26N2O4. The highest BCUT2D eigenvalue weighted by Crippen LogP contribution is 2.17. The molecule has 0 heterocycles. The lowest BCUT2D eigenvalue weighted by Gasteiger charge is -2.22. The Bertz CT molecular complexity index is 636. The fraction of sp³-hybridized carbons (Fsp3) is 0.526. The van der Waals surface area contributed by atoms with Crippen molar-refractivity contribution in [3.05, 3.63) is 34.9 Å². The first-order chi connectivity index (χ1) is 12.0. The maximum atomic E-state index is 12.0. The summed E-state index contributed by atoms with van der Waals surface area (Å²) in [7, 11) is 0. The number of benzene rings is 1. The Kier molecular flexibility index (Phi) is 6.98. The molecule has 0 aromatic heterocycles. The fourth-order valence-electron chi connectivity index (χ4n) is 2.85. The van der Waals surface area contributed by atoms with Crippen LogP contribution in [0.15, 0.2) is 18.2 Å². The SMILES string of the molecule is Cc1ccc(C(=O)NCC(=O)OCC(=O)NC2CCCCC2)cc1C. The molecule has 0 unspecified atom stereocenters. The number of rotatable bonds is 6. The van der Waals surface area contributed by atoms with Crippen molar-refractivity contribution in [3.8, 4) is 0 Å². The minimum Gasteiger partial charge on any atom is -0.454 e. The van der Waals surface area contributed by atoms with Gasteiger partial charge in [0.05, 0.1) is 0 Å². The van der Waals surface area contributed by atoms with Crippen molar-refractivity contribution >= 4 is 17.8 Å². The first-order valence-corrected chi connectivity index (χ1v) is 8.76. The van der Waals surface area contributed by atoms with Gasteiger partial charge in [0.25, 0.3) is 11.8 Å². The van der Waals surface area contributed by atoms with E-state index in [1.165, 1.54) is 6.42 Å². The Balaban J connectivity index is 1.68. The van der Waals surface area contributed by atoms with Crippen LogP contribution in [-0.2, 0) is 14.3 Å². The zero-order valence-corrected chi connectivity index (χ0v) is 14.9. The van der Waals surface area contributed by atoms with Crippen molar-refractivity contribution in [1.29, 1.82) is 0 Å². The largest absolute Gasteiger partial charge is 0.454 e. The molecule has 6 nitrogen and oxygen atoms in total. The van der Waals surface area contributed by atoms with Gasteiger partial charge in [0.1, 0.15) is 6.54 Å². The quantitative estimate of drug-likeness (QED) is 0.772. The molecule has 1 aliphatic carbocycles. The topological polar surface area (TPSA) is 84.5 Å². The van der Waals surface area contributed by atoms with Crippen molar-refractivity contribution in [2.75, 3.05) is 13.2 Å². The third-order valence-electron chi connectivity index (χ3n) is 4.50. The summed E-state index contributed by atoms with van der Waals surface area (Å²) in [5.74, 6) is -1.26. The molecule has 6 heteroatoms. The van der Waals surface area contributed by atoms with Gasteiger partial charge in [-0.1, -0.05) is 25.3 Å².